The van der Waals surface area contributed by atoms with Gasteiger partial charge >= 0.3 is 0 Å². The first-order valence-corrected chi connectivity index (χ1v) is 9.46. The van der Waals surface area contributed by atoms with E-state index in [-0.39, 0.29) is 5.91 Å². The van der Waals surface area contributed by atoms with E-state index in [4.69, 9.17) is 4.74 Å². The highest BCUT2D eigenvalue weighted by Crippen LogP contribution is 2.29. The Morgan fingerprint density at radius 1 is 1.00 bits per heavy atom. The highest BCUT2D eigenvalue weighted by atomic mass is 16.5. The minimum absolute atomic E-state index is 0.294. The van der Waals surface area contributed by atoms with Crippen LogP contribution in [0.2, 0.25) is 0 Å². The Balaban J connectivity index is 1.68. The Labute approximate surface area is 165 Å². The predicted octanol–water partition coefficient (Wildman–Crippen LogP) is 5.12. The van der Waals surface area contributed by atoms with Gasteiger partial charge in [0.15, 0.2) is 5.75 Å². The standard InChI is InChI=1S/C22H24N4O2/c1-2-3-9-15-23-22-24-16-14-19(26-22)21(27)25-18-12-7-8-13-20(18)28-17-10-5-4-6-11-17/h4-8,10-14,16H,2-3,9,15H2,1H3,(H,25,27)(H,23,24,26). The first-order chi connectivity index (χ1) is 13.8. The molecule has 0 saturated carbocycles. The van der Waals surface area contributed by atoms with Gasteiger partial charge in [0.1, 0.15) is 11.4 Å². The van der Waals surface area contributed by atoms with E-state index < -0.39 is 0 Å². The summed E-state index contributed by atoms with van der Waals surface area (Å²) in [7, 11) is 0. The third-order valence-corrected chi connectivity index (χ3v) is 4.06. The number of unbranched alkanes of at least 4 members (excludes halogenated alkanes) is 2. The number of rotatable bonds is 9. The molecule has 0 bridgehead atoms. The third-order valence-electron chi connectivity index (χ3n) is 4.06. The maximum atomic E-state index is 12.7. The van der Waals surface area contributed by atoms with Crippen molar-refractivity contribution in [3.8, 4) is 11.5 Å². The van der Waals surface area contributed by atoms with Gasteiger partial charge in [-0.15, -0.1) is 0 Å². The van der Waals surface area contributed by atoms with E-state index in [1.54, 1.807) is 18.3 Å². The zero-order chi connectivity index (χ0) is 19.6. The van der Waals surface area contributed by atoms with Gasteiger partial charge in [-0.3, -0.25) is 4.79 Å². The fourth-order valence-electron chi connectivity index (χ4n) is 2.61. The Kier molecular flexibility index (Phi) is 6.95. The molecule has 2 aromatic carbocycles. The molecule has 1 heterocycles. The van der Waals surface area contributed by atoms with Gasteiger partial charge in [0.2, 0.25) is 5.95 Å². The first kappa shape index (κ1) is 19.4. The minimum Gasteiger partial charge on any atom is -0.455 e. The highest BCUT2D eigenvalue weighted by Gasteiger charge is 2.12. The molecule has 28 heavy (non-hydrogen) atoms. The third kappa shape index (κ3) is 5.54. The van der Waals surface area contributed by atoms with E-state index in [1.807, 2.05) is 48.5 Å². The molecule has 0 aliphatic heterocycles. The Morgan fingerprint density at radius 3 is 2.61 bits per heavy atom. The van der Waals surface area contributed by atoms with Crippen molar-refractivity contribution in [3.05, 3.63) is 72.6 Å². The van der Waals surface area contributed by atoms with Crippen molar-refractivity contribution in [1.82, 2.24) is 9.97 Å². The summed E-state index contributed by atoms with van der Waals surface area (Å²) in [5.74, 6) is 1.40. The number of benzene rings is 2. The summed E-state index contributed by atoms with van der Waals surface area (Å²) in [6.45, 7) is 2.94. The molecule has 0 radical (unpaired) electrons. The predicted molar refractivity (Wildman–Crippen MR) is 111 cm³/mol. The molecule has 1 amide bonds. The van der Waals surface area contributed by atoms with Crippen LogP contribution in [0.1, 0.15) is 36.7 Å². The molecule has 0 saturated heterocycles. The average molecular weight is 376 g/mol. The second-order valence-corrected chi connectivity index (χ2v) is 6.26. The molecule has 144 valence electrons. The van der Waals surface area contributed by atoms with Gasteiger partial charge in [-0.25, -0.2) is 9.97 Å². The largest absolute Gasteiger partial charge is 0.455 e. The number of hydrogen-bond acceptors (Lipinski definition) is 5. The zero-order valence-corrected chi connectivity index (χ0v) is 15.9. The van der Waals surface area contributed by atoms with Crippen LogP contribution < -0.4 is 15.4 Å². The van der Waals surface area contributed by atoms with Crippen molar-refractivity contribution < 1.29 is 9.53 Å². The maximum Gasteiger partial charge on any atom is 0.274 e. The molecule has 0 atom stereocenters. The van der Waals surface area contributed by atoms with Crippen LogP contribution in [-0.2, 0) is 0 Å². The van der Waals surface area contributed by atoms with Gasteiger partial charge in [0.25, 0.3) is 5.91 Å². The van der Waals surface area contributed by atoms with E-state index in [9.17, 15) is 4.79 Å². The summed E-state index contributed by atoms with van der Waals surface area (Å²) in [5.41, 5.74) is 0.870. The van der Waals surface area contributed by atoms with Crippen LogP contribution in [0.5, 0.6) is 11.5 Å². The van der Waals surface area contributed by atoms with Crippen molar-refractivity contribution in [2.45, 2.75) is 26.2 Å². The Bertz CT molecular complexity index is 900. The first-order valence-electron chi connectivity index (χ1n) is 9.46. The number of para-hydroxylation sites is 3. The van der Waals surface area contributed by atoms with E-state index in [0.29, 0.717) is 28.8 Å². The van der Waals surface area contributed by atoms with E-state index in [2.05, 4.69) is 27.5 Å². The van der Waals surface area contributed by atoms with Gasteiger partial charge in [-0.1, -0.05) is 50.1 Å². The van der Waals surface area contributed by atoms with Gasteiger partial charge in [0, 0.05) is 12.7 Å². The van der Waals surface area contributed by atoms with Crippen molar-refractivity contribution >= 4 is 17.5 Å². The molecule has 2 N–H and O–H groups in total. The second kappa shape index (κ2) is 10.1. The van der Waals surface area contributed by atoms with Gasteiger partial charge in [-0.05, 0) is 36.8 Å². The summed E-state index contributed by atoms with van der Waals surface area (Å²) in [4.78, 5) is 21.1. The smallest absolute Gasteiger partial charge is 0.274 e. The maximum absolute atomic E-state index is 12.7. The van der Waals surface area contributed by atoms with Crippen LogP contribution in [0.25, 0.3) is 0 Å². The van der Waals surface area contributed by atoms with Crippen molar-refractivity contribution in [3.63, 3.8) is 0 Å². The van der Waals surface area contributed by atoms with Gasteiger partial charge in [-0.2, -0.15) is 0 Å². The molecule has 3 aromatic rings. The lowest BCUT2D eigenvalue weighted by Gasteiger charge is -2.12. The van der Waals surface area contributed by atoms with Crippen LogP contribution in [-0.4, -0.2) is 22.4 Å². The van der Waals surface area contributed by atoms with Crippen molar-refractivity contribution in [2.75, 3.05) is 17.2 Å². The molecule has 6 heteroatoms. The molecule has 3 rings (SSSR count). The van der Waals surface area contributed by atoms with Crippen LogP contribution >= 0.6 is 0 Å². The molecule has 6 nitrogen and oxygen atoms in total. The van der Waals surface area contributed by atoms with E-state index in [1.165, 1.54) is 0 Å². The van der Waals surface area contributed by atoms with Crippen LogP contribution in [0.15, 0.2) is 66.9 Å². The summed E-state index contributed by atoms with van der Waals surface area (Å²) >= 11 is 0. The monoisotopic (exact) mass is 376 g/mol. The number of anilines is 2. The molecule has 0 aliphatic rings. The molecule has 0 unspecified atom stereocenters. The lowest BCUT2D eigenvalue weighted by atomic mass is 10.2. The normalized spacial score (nSPS) is 10.3. The number of aromatic nitrogens is 2. The van der Waals surface area contributed by atoms with Crippen LogP contribution in [0.4, 0.5) is 11.6 Å². The van der Waals surface area contributed by atoms with Crippen LogP contribution in [0, 0.1) is 0 Å². The molecule has 1 aromatic heterocycles. The SMILES string of the molecule is CCCCCNc1nccc(C(=O)Nc2ccccc2Oc2ccccc2)n1. The lowest BCUT2D eigenvalue weighted by molar-refractivity contribution is 0.102. The lowest BCUT2D eigenvalue weighted by Crippen LogP contribution is -2.16. The number of carbonyl (C=O) groups excluding carboxylic acids is 1. The number of nitrogens with one attached hydrogen (secondary N) is 2. The fourth-order valence-corrected chi connectivity index (χ4v) is 2.61. The van der Waals surface area contributed by atoms with Crippen molar-refractivity contribution in [2.24, 2.45) is 0 Å². The highest BCUT2D eigenvalue weighted by molar-refractivity contribution is 6.03. The van der Waals surface area contributed by atoms with E-state index >= 15 is 0 Å². The molecule has 0 fully saturated rings. The summed E-state index contributed by atoms with van der Waals surface area (Å²) in [6.07, 6.45) is 4.91. The average Bonchev–Trinajstić information content (AvgIpc) is 2.74. The molecular formula is C22H24N4O2. The molecule has 0 spiro atoms. The number of carbonyl (C=O) groups is 1. The second-order valence-electron chi connectivity index (χ2n) is 6.26. The summed E-state index contributed by atoms with van der Waals surface area (Å²) in [5, 5.41) is 6.02. The van der Waals surface area contributed by atoms with E-state index in [0.717, 1.165) is 25.8 Å². The quantitative estimate of drug-likeness (QED) is 0.507. The number of amides is 1. The zero-order valence-electron chi connectivity index (χ0n) is 15.9. The topological polar surface area (TPSA) is 76.1 Å². The number of nitrogens with zero attached hydrogens (tertiary/aromatic N) is 2. The Morgan fingerprint density at radius 2 is 1.79 bits per heavy atom. The Hall–Kier alpha value is -3.41. The molecule has 0 aliphatic carbocycles. The molecular weight excluding hydrogens is 352 g/mol. The van der Waals surface area contributed by atoms with Gasteiger partial charge < -0.3 is 15.4 Å². The number of ether oxygens (including phenoxy) is 1. The van der Waals surface area contributed by atoms with Crippen LogP contribution in [0.3, 0.4) is 0 Å². The minimum atomic E-state index is -0.317. The summed E-state index contributed by atoms with van der Waals surface area (Å²) in [6, 6.07) is 18.3. The fraction of sp³-hybridized carbons (Fsp3) is 0.227. The number of hydrogen-bond donors (Lipinski definition) is 2. The summed E-state index contributed by atoms with van der Waals surface area (Å²) < 4.78 is 5.89. The van der Waals surface area contributed by atoms with Gasteiger partial charge in [0.05, 0.1) is 5.69 Å². The van der Waals surface area contributed by atoms with Crippen molar-refractivity contribution in [1.29, 1.82) is 0 Å².